The Labute approximate surface area is 105 Å². The second-order valence-corrected chi connectivity index (χ2v) is 5.14. The highest BCUT2D eigenvalue weighted by Gasteiger charge is 2.27. The summed E-state index contributed by atoms with van der Waals surface area (Å²) in [5.74, 6) is 0.679. The van der Waals surface area contributed by atoms with Gasteiger partial charge in [-0.15, -0.1) is 0 Å². The van der Waals surface area contributed by atoms with E-state index in [4.69, 9.17) is 10.5 Å². The first-order valence-corrected chi connectivity index (χ1v) is 6.82. The Morgan fingerprint density at radius 1 is 1.41 bits per heavy atom. The lowest BCUT2D eigenvalue weighted by Gasteiger charge is -2.39. The van der Waals surface area contributed by atoms with E-state index in [1.54, 1.807) is 7.11 Å². The van der Waals surface area contributed by atoms with Gasteiger partial charge in [0.2, 0.25) is 0 Å². The van der Waals surface area contributed by atoms with Crippen molar-refractivity contribution in [2.75, 3.05) is 33.4 Å². The van der Waals surface area contributed by atoms with Crippen LogP contribution in [0, 0.1) is 5.92 Å². The molecular weight excluding hydrogens is 216 g/mol. The summed E-state index contributed by atoms with van der Waals surface area (Å²) < 4.78 is 5.20. The van der Waals surface area contributed by atoms with Crippen LogP contribution in [0.2, 0.25) is 0 Å². The fourth-order valence-corrected chi connectivity index (χ4v) is 2.73. The molecule has 0 amide bonds. The normalized spacial score (nSPS) is 22.6. The number of piperidine rings is 1. The fourth-order valence-electron chi connectivity index (χ4n) is 2.73. The van der Waals surface area contributed by atoms with Crippen molar-refractivity contribution in [3.05, 3.63) is 0 Å². The molecule has 4 nitrogen and oxygen atoms in total. The second-order valence-electron chi connectivity index (χ2n) is 5.14. The Balaban J connectivity index is 2.39. The predicted octanol–water partition coefficient (Wildman–Crippen LogP) is 0.833. The molecule has 102 valence electrons. The zero-order chi connectivity index (χ0) is 12.7. The van der Waals surface area contributed by atoms with Gasteiger partial charge < -0.3 is 15.6 Å². The van der Waals surface area contributed by atoms with Gasteiger partial charge in [0.15, 0.2) is 0 Å². The standard InChI is InChI=1S/C13H28N2O2/c1-3-4-12(14)13(9-16)15-7-5-11(6-8-15)10-17-2/h11-13,16H,3-10,14H2,1-2H3. The summed E-state index contributed by atoms with van der Waals surface area (Å²) >= 11 is 0. The Hall–Kier alpha value is -0.160. The topological polar surface area (TPSA) is 58.7 Å². The molecule has 2 atom stereocenters. The summed E-state index contributed by atoms with van der Waals surface area (Å²) in [5, 5.41) is 9.50. The summed E-state index contributed by atoms with van der Waals surface area (Å²) in [5.41, 5.74) is 6.14. The van der Waals surface area contributed by atoms with E-state index in [2.05, 4.69) is 11.8 Å². The molecule has 0 radical (unpaired) electrons. The second kappa shape index (κ2) is 8.03. The molecule has 0 aromatic heterocycles. The van der Waals surface area contributed by atoms with Crippen molar-refractivity contribution < 1.29 is 9.84 Å². The van der Waals surface area contributed by atoms with Crippen LogP contribution in [0.4, 0.5) is 0 Å². The van der Waals surface area contributed by atoms with Gasteiger partial charge in [-0.3, -0.25) is 4.90 Å². The molecule has 0 saturated carbocycles. The molecule has 0 aromatic rings. The highest BCUT2D eigenvalue weighted by atomic mass is 16.5. The molecule has 1 fully saturated rings. The molecular formula is C13H28N2O2. The van der Waals surface area contributed by atoms with Gasteiger partial charge in [0.25, 0.3) is 0 Å². The number of hydrogen-bond donors (Lipinski definition) is 2. The number of ether oxygens (including phenoxy) is 1. The third kappa shape index (κ3) is 4.54. The Bertz CT molecular complexity index is 194. The van der Waals surface area contributed by atoms with E-state index in [0.717, 1.165) is 45.4 Å². The van der Waals surface area contributed by atoms with Crippen molar-refractivity contribution in [1.82, 2.24) is 4.90 Å². The van der Waals surface area contributed by atoms with Crippen molar-refractivity contribution >= 4 is 0 Å². The molecule has 1 rings (SSSR count). The lowest BCUT2D eigenvalue weighted by atomic mass is 9.94. The average molecular weight is 244 g/mol. The summed E-state index contributed by atoms with van der Waals surface area (Å²) in [6.07, 6.45) is 4.38. The third-order valence-corrected chi connectivity index (χ3v) is 3.82. The van der Waals surface area contributed by atoms with Gasteiger partial charge in [-0.05, 0) is 38.3 Å². The summed E-state index contributed by atoms with van der Waals surface area (Å²) in [6, 6.07) is 0.238. The van der Waals surface area contributed by atoms with E-state index < -0.39 is 0 Å². The summed E-state index contributed by atoms with van der Waals surface area (Å²) in [7, 11) is 1.76. The number of hydrogen-bond acceptors (Lipinski definition) is 4. The van der Waals surface area contributed by atoms with E-state index in [-0.39, 0.29) is 18.7 Å². The van der Waals surface area contributed by atoms with Gasteiger partial charge in [-0.1, -0.05) is 13.3 Å². The van der Waals surface area contributed by atoms with Crippen LogP contribution in [-0.2, 0) is 4.74 Å². The highest BCUT2D eigenvalue weighted by Crippen LogP contribution is 2.20. The SMILES string of the molecule is CCCC(N)C(CO)N1CCC(COC)CC1. The van der Waals surface area contributed by atoms with Crippen LogP contribution in [0.15, 0.2) is 0 Å². The first-order chi connectivity index (χ1) is 8.22. The van der Waals surface area contributed by atoms with E-state index in [1.807, 2.05) is 0 Å². The number of likely N-dealkylation sites (tertiary alicyclic amines) is 1. The van der Waals surface area contributed by atoms with Gasteiger partial charge in [-0.2, -0.15) is 0 Å². The number of nitrogens with zero attached hydrogens (tertiary/aromatic N) is 1. The molecule has 4 heteroatoms. The largest absolute Gasteiger partial charge is 0.395 e. The first kappa shape index (κ1) is 14.9. The zero-order valence-electron chi connectivity index (χ0n) is 11.3. The molecule has 17 heavy (non-hydrogen) atoms. The van der Waals surface area contributed by atoms with Crippen molar-refractivity contribution in [1.29, 1.82) is 0 Å². The van der Waals surface area contributed by atoms with Crippen LogP contribution < -0.4 is 5.73 Å². The first-order valence-electron chi connectivity index (χ1n) is 6.82. The highest BCUT2D eigenvalue weighted by molar-refractivity contribution is 4.84. The minimum atomic E-state index is 0.101. The summed E-state index contributed by atoms with van der Waals surface area (Å²) in [4.78, 5) is 2.35. The lowest BCUT2D eigenvalue weighted by molar-refractivity contribution is 0.0478. The minimum absolute atomic E-state index is 0.101. The Kier molecular flexibility index (Phi) is 7.04. The average Bonchev–Trinajstić information content (AvgIpc) is 2.33. The van der Waals surface area contributed by atoms with Crippen LogP contribution in [0.25, 0.3) is 0 Å². The molecule has 3 N–H and O–H groups in total. The maximum atomic E-state index is 9.50. The third-order valence-electron chi connectivity index (χ3n) is 3.82. The maximum absolute atomic E-state index is 9.50. The number of rotatable bonds is 7. The molecule has 1 aliphatic rings. The molecule has 0 aliphatic carbocycles. The van der Waals surface area contributed by atoms with Gasteiger partial charge in [-0.25, -0.2) is 0 Å². The van der Waals surface area contributed by atoms with Gasteiger partial charge in [0.05, 0.1) is 6.61 Å². The van der Waals surface area contributed by atoms with Crippen molar-refractivity contribution in [3.8, 4) is 0 Å². The minimum Gasteiger partial charge on any atom is -0.395 e. The molecule has 2 unspecified atom stereocenters. The van der Waals surface area contributed by atoms with E-state index in [0.29, 0.717) is 5.92 Å². The molecule has 1 aliphatic heterocycles. The van der Waals surface area contributed by atoms with Crippen LogP contribution in [0.1, 0.15) is 32.6 Å². The fraction of sp³-hybridized carbons (Fsp3) is 1.00. The quantitative estimate of drug-likeness (QED) is 0.696. The van der Waals surface area contributed by atoms with E-state index in [9.17, 15) is 5.11 Å². The maximum Gasteiger partial charge on any atom is 0.0601 e. The molecule has 0 bridgehead atoms. The van der Waals surface area contributed by atoms with Crippen LogP contribution in [-0.4, -0.2) is 55.5 Å². The van der Waals surface area contributed by atoms with Crippen LogP contribution >= 0.6 is 0 Å². The van der Waals surface area contributed by atoms with Crippen molar-refractivity contribution in [2.45, 2.75) is 44.7 Å². The smallest absolute Gasteiger partial charge is 0.0601 e. The molecule has 1 heterocycles. The van der Waals surface area contributed by atoms with E-state index in [1.165, 1.54) is 0 Å². The monoisotopic (exact) mass is 244 g/mol. The zero-order valence-corrected chi connectivity index (χ0v) is 11.3. The number of methoxy groups -OCH3 is 1. The summed E-state index contributed by atoms with van der Waals surface area (Å²) in [6.45, 7) is 5.25. The molecule has 1 saturated heterocycles. The number of aliphatic hydroxyl groups is 1. The molecule has 0 spiro atoms. The number of aliphatic hydroxyl groups excluding tert-OH is 1. The van der Waals surface area contributed by atoms with Crippen LogP contribution in [0.5, 0.6) is 0 Å². The van der Waals surface area contributed by atoms with Gasteiger partial charge in [0, 0.05) is 25.8 Å². The Morgan fingerprint density at radius 2 is 2.06 bits per heavy atom. The van der Waals surface area contributed by atoms with Crippen LogP contribution in [0.3, 0.4) is 0 Å². The lowest BCUT2D eigenvalue weighted by Crippen LogP contribution is -2.52. The molecule has 0 aromatic carbocycles. The Morgan fingerprint density at radius 3 is 2.53 bits per heavy atom. The van der Waals surface area contributed by atoms with Gasteiger partial charge in [0.1, 0.15) is 0 Å². The van der Waals surface area contributed by atoms with Gasteiger partial charge >= 0.3 is 0 Å². The van der Waals surface area contributed by atoms with Crippen molar-refractivity contribution in [2.24, 2.45) is 11.7 Å². The number of nitrogens with two attached hydrogens (primary N) is 1. The van der Waals surface area contributed by atoms with Crippen molar-refractivity contribution in [3.63, 3.8) is 0 Å². The predicted molar refractivity (Wildman–Crippen MR) is 69.9 cm³/mol. The van der Waals surface area contributed by atoms with E-state index >= 15 is 0 Å².